The van der Waals surface area contributed by atoms with E-state index >= 15 is 0 Å². The minimum absolute atomic E-state index is 0.156. The van der Waals surface area contributed by atoms with Crippen molar-refractivity contribution in [2.75, 3.05) is 31.1 Å². The van der Waals surface area contributed by atoms with Gasteiger partial charge in [0.1, 0.15) is 11.9 Å². The lowest BCUT2D eigenvalue weighted by molar-refractivity contribution is -0.132. The molecular weight excluding hydrogens is 488 g/mol. The lowest BCUT2D eigenvalue weighted by atomic mass is 9.99. The molecule has 4 aromatic heterocycles. The average Bonchev–Trinajstić information content (AvgIpc) is 3.62. The number of pyridine rings is 2. The van der Waals surface area contributed by atoms with Crippen LogP contribution in [0, 0.1) is 11.3 Å². The van der Waals surface area contributed by atoms with Gasteiger partial charge in [0, 0.05) is 74.1 Å². The topological polar surface area (TPSA) is 95.4 Å². The predicted molar refractivity (Wildman–Crippen MR) is 149 cm³/mol. The number of carbonyl (C=O) groups excluding carboxylic acids is 1. The molecule has 1 aliphatic heterocycles. The Kier molecular flexibility index (Phi) is 6.29. The summed E-state index contributed by atoms with van der Waals surface area (Å²) in [7, 11) is 1.88. The zero-order chi connectivity index (χ0) is 26.9. The van der Waals surface area contributed by atoms with Gasteiger partial charge in [0.25, 0.3) is 0 Å². The molecule has 5 aromatic rings. The number of amides is 1. The van der Waals surface area contributed by atoms with E-state index in [0.717, 1.165) is 52.2 Å². The molecule has 0 N–H and O–H groups in total. The maximum atomic E-state index is 13.1. The number of anilines is 1. The SMILES string of the molecule is C[C@H](C(=O)N1CCN(c2ccc(-c3cc(-c4cnn(C)c4)cn4ncc(C#N)c34)cn2)CC1)c1ccccc1. The smallest absolute Gasteiger partial charge is 0.229 e. The van der Waals surface area contributed by atoms with Crippen molar-refractivity contribution in [3.63, 3.8) is 0 Å². The molecule has 0 bridgehead atoms. The van der Waals surface area contributed by atoms with Gasteiger partial charge in [-0.15, -0.1) is 0 Å². The molecule has 1 amide bonds. The van der Waals surface area contributed by atoms with Crippen LogP contribution in [0.2, 0.25) is 0 Å². The number of aromatic nitrogens is 5. The Morgan fingerprint density at radius 1 is 0.923 bits per heavy atom. The summed E-state index contributed by atoms with van der Waals surface area (Å²) in [5.41, 5.74) is 6.01. The molecule has 1 atom stereocenters. The number of rotatable bonds is 5. The first-order valence-electron chi connectivity index (χ1n) is 13.0. The highest BCUT2D eigenvalue weighted by molar-refractivity contribution is 5.87. The predicted octanol–water partition coefficient (Wildman–Crippen LogP) is 4.12. The van der Waals surface area contributed by atoms with E-state index in [9.17, 15) is 10.1 Å². The van der Waals surface area contributed by atoms with Crippen molar-refractivity contribution in [2.45, 2.75) is 12.8 Å². The van der Waals surface area contributed by atoms with E-state index in [-0.39, 0.29) is 11.8 Å². The van der Waals surface area contributed by atoms with E-state index in [1.165, 1.54) is 0 Å². The first kappa shape index (κ1) is 24.4. The highest BCUT2D eigenvalue weighted by atomic mass is 16.2. The minimum Gasteiger partial charge on any atom is -0.353 e. The molecule has 9 nitrogen and oxygen atoms in total. The van der Waals surface area contributed by atoms with E-state index in [1.807, 2.05) is 86.1 Å². The van der Waals surface area contributed by atoms with Crippen molar-refractivity contribution < 1.29 is 4.79 Å². The first-order valence-corrected chi connectivity index (χ1v) is 13.0. The molecular formula is C30H28N8O. The largest absolute Gasteiger partial charge is 0.353 e. The van der Waals surface area contributed by atoms with Gasteiger partial charge < -0.3 is 9.80 Å². The molecule has 0 aliphatic carbocycles. The number of hydrogen-bond acceptors (Lipinski definition) is 6. The second kappa shape index (κ2) is 10.1. The Bertz CT molecular complexity index is 1670. The number of nitrogens with zero attached hydrogens (tertiary/aromatic N) is 8. The summed E-state index contributed by atoms with van der Waals surface area (Å²) in [4.78, 5) is 22.0. The third-order valence-corrected chi connectivity index (χ3v) is 7.41. The number of aryl methyl sites for hydroxylation is 1. The number of carbonyl (C=O) groups is 1. The molecule has 6 rings (SSSR count). The fourth-order valence-corrected chi connectivity index (χ4v) is 5.20. The number of nitriles is 1. The van der Waals surface area contributed by atoms with Crippen LogP contribution >= 0.6 is 0 Å². The number of hydrogen-bond donors (Lipinski definition) is 0. The fraction of sp³-hybridized carbons (Fsp3) is 0.233. The fourth-order valence-electron chi connectivity index (χ4n) is 5.20. The van der Waals surface area contributed by atoms with Gasteiger partial charge in [0.15, 0.2) is 0 Å². The summed E-state index contributed by atoms with van der Waals surface area (Å²) < 4.78 is 3.51. The van der Waals surface area contributed by atoms with E-state index in [4.69, 9.17) is 4.98 Å². The molecule has 1 aromatic carbocycles. The van der Waals surface area contributed by atoms with Gasteiger partial charge in [-0.25, -0.2) is 9.50 Å². The van der Waals surface area contributed by atoms with Gasteiger partial charge in [-0.05, 0) is 30.7 Å². The second-order valence-corrected chi connectivity index (χ2v) is 9.86. The Morgan fingerprint density at radius 2 is 1.72 bits per heavy atom. The number of benzene rings is 1. The van der Waals surface area contributed by atoms with Crippen molar-refractivity contribution in [3.05, 3.63) is 90.6 Å². The maximum absolute atomic E-state index is 13.1. The summed E-state index contributed by atoms with van der Waals surface area (Å²) in [6, 6.07) is 18.3. The lowest BCUT2D eigenvalue weighted by Gasteiger charge is -2.36. The van der Waals surface area contributed by atoms with Crippen LogP contribution in [-0.2, 0) is 11.8 Å². The zero-order valence-corrected chi connectivity index (χ0v) is 21.9. The molecule has 9 heteroatoms. The van der Waals surface area contributed by atoms with Crippen molar-refractivity contribution >= 4 is 17.2 Å². The molecule has 194 valence electrons. The minimum atomic E-state index is -0.156. The summed E-state index contributed by atoms with van der Waals surface area (Å²) in [5.74, 6) is 0.877. The molecule has 0 unspecified atom stereocenters. The van der Waals surface area contributed by atoms with Crippen LogP contribution in [0.4, 0.5) is 5.82 Å². The van der Waals surface area contributed by atoms with Crippen LogP contribution in [0.1, 0.15) is 24.0 Å². The average molecular weight is 517 g/mol. The highest BCUT2D eigenvalue weighted by Crippen LogP contribution is 2.32. The molecule has 39 heavy (non-hydrogen) atoms. The van der Waals surface area contributed by atoms with Crippen LogP contribution in [0.3, 0.4) is 0 Å². The van der Waals surface area contributed by atoms with Gasteiger partial charge >= 0.3 is 0 Å². The van der Waals surface area contributed by atoms with Crippen molar-refractivity contribution in [1.29, 1.82) is 5.26 Å². The first-order chi connectivity index (χ1) is 19.0. The summed E-state index contributed by atoms with van der Waals surface area (Å²) in [5, 5.41) is 18.4. The van der Waals surface area contributed by atoms with Gasteiger partial charge in [0.05, 0.1) is 29.4 Å². The normalized spacial score (nSPS) is 14.4. The van der Waals surface area contributed by atoms with Crippen LogP contribution in [0.25, 0.3) is 27.8 Å². The van der Waals surface area contributed by atoms with Gasteiger partial charge in [-0.2, -0.15) is 15.5 Å². The Labute approximate surface area is 226 Å². The Hall–Kier alpha value is -4.97. The molecule has 1 aliphatic rings. The molecule has 0 saturated carbocycles. The molecule has 5 heterocycles. The van der Waals surface area contributed by atoms with Gasteiger partial charge in [-0.1, -0.05) is 30.3 Å². The molecule has 1 saturated heterocycles. The molecule has 0 radical (unpaired) electrons. The lowest BCUT2D eigenvalue weighted by Crippen LogP contribution is -2.50. The monoisotopic (exact) mass is 516 g/mol. The molecule has 0 spiro atoms. The van der Waals surface area contributed by atoms with Gasteiger partial charge in [0.2, 0.25) is 5.91 Å². The van der Waals surface area contributed by atoms with E-state index in [2.05, 4.69) is 27.2 Å². The zero-order valence-electron chi connectivity index (χ0n) is 21.9. The van der Waals surface area contributed by atoms with Gasteiger partial charge in [-0.3, -0.25) is 9.48 Å². The quantitative estimate of drug-likeness (QED) is 0.349. The number of piperazine rings is 1. The van der Waals surface area contributed by atoms with Crippen LogP contribution in [0.15, 0.2) is 79.5 Å². The molecule has 1 fully saturated rings. The highest BCUT2D eigenvalue weighted by Gasteiger charge is 2.26. The van der Waals surface area contributed by atoms with E-state index < -0.39 is 0 Å². The summed E-state index contributed by atoms with van der Waals surface area (Å²) >= 11 is 0. The van der Waals surface area contributed by atoms with Crippen molar-refractivity contribution in [2.24, 2.45) is 7.05 Å². The maximum Gasteiger partial charge on any atom is 0.229 e. The summed E-state index contributed by atoms with van der Waals surface area (Å²) in [6.45, 7) is 4.75. The standard InChI is InChI=1S/C30H28N8O/c1-21(22-6-4-3-5-7-22)30(39)37-12-10-36(11-13-37)28-9-8-23(16-32-28)27-14-24(26-18-33-35(2)19-26)20-38-29(27)25(15-31)17-34-38/h3-9,14,16-21H,10-13H2,1-2H3/t21-/m0/s1. The van der Waals surface area contributed by atoms with E-state index in [1.54, 1.807) is 15.4 Å². The van der Waals surface area contributed by atoms with Crippen LogP contribution in [0.5, 0.6) is 0 Å². The Balaban J connectivity index is 1.22. The third kappa shape index (κ3) is 4.61. The van der Waals surface area contributed by atoms with Crippen molar-refractivity contribution in [3.8, 4) is 28.3 Å². The van der Waals surface area contributed by atoms with Crippen LogP contribution < -0.4 is 4.90 Å². The third-order valence-electron chi connectivity index (χ3n) is 7.41. The van der Waals surface area contributed by atoms with Crippen LogP contribution in [-0.4, -0.2) is 61.4 Å². The summed E-state index contributed by atoms with van der Waals surface area (Å²) in [6.07, 6.45) is 9.11. The van der Waals surface area contributed by atoms with E-state index in [0.29, 0.717) is 18.7 Å². The second-order valence-electron chi connectivity index (χ2n) is 9.86. The number of fused-ring (bicyclic) bond motifs is 1. The van der Waals surface area contributed by atoms with Crippen molar-refractivity contribution in [1.82, 2.24) is 29.3 Å². The Morgan fingerprint density at radius 3 is 2.38 bits per heavy atom.